The maximum atomic E-state index is 12.2. The van der Waals surface area contributed by atoms with Crippen LogP contribution in [0, 0.1) is 0 Å². The molecule has 0 spiro atoms. The highest BCUT2D eigenvalue weighted by atomic mass is 19.1. The number of nitrogens with zero attached hydrogens (tertiary/aromatic N) is 1. The predicted octanol–water partition coefficient (Wildman–Crippen LogP) is 3.16. The lowest BCUT2D eigenvalue weighted by Crippen LogP contribution is -2.38. The van der Waals surface area contributed by atoms with Crippen molar-refractivity contribution >= 4 is 5.69 Å². The maximum Gasteiger partial charge on any atom is 0.228 e. The van der Waals surface area contributed by atoms with Gasteiger partial charge in [-0.05, 0) is 55.5 Å². The molecule has 1 aliphatic heterocycles. The Morgan fingerprint density at radius 1 is 0.966 bits per heavy atom. The third-order valence-corrected chi connectivity index (χ3v) is 4.88. The number of halogens is 1. The van der Waals surface area contributed by atoms with Gasteiger partial charge in [0.15, 0.2) is 0 Å². The van der Waals surface area contributed by atoms with Crippen molar-refractivity contribution < 1.29 is 28.8 Å². The van der Waals surface area contributed by atoms with Crippen molar-refractivity contribution in [3.05, 3.63) is 48.5 Å². The molecule has 0 bridgehead atoms. The van der Waals surface area contributed by atoms with Gasteiger partial charge in [-0.1, -0.05) is 0 Å². The van der Waals surface area contributed by atoms with E-state index in [-0.39, 0.29) is 19.3 Å². The molecule has 3 rings (SSSR count). The number of piperidine rings is 1. The van der Waals surface area contributed by atoms with Crippen LogP contribution in [0.4, 0.5) is 10.1 Å². The SMILES string of the molecule is C[C@@](O)(CO)COc1ccc(N2CCC(Oc3ccc(OCF)cc3)CC2)cc1. The fraction of sp³-hybridized carbons (Fsp3) is 0.455. The average molecular weight is 405 g/mol. The lowest BCUT2D eigenvalue weighted by molar-refractivity contribution is -0.0324. The Morgan fingerprint density at radius 3 is 2.10 bits per heavy atom. The number of alkyl halides is 1. The zero-order chi connectivity index (χ0) is 20.7. The number of aliphatic hydroxyl groups excluding tert-OH is 1. The number of hydrogen-bond acceptors (Lipinski definition) is 6. The number of benzene rings is 2. The summed E-state index contributed by atoms with van der Waals surface area (Å²) >= 11 is 0. The highest BCUT2D eigenvalue weighted by Gasteiger charge is 2.22. The zero-order valence-corrected chi connectivity index (χ0v) is 16.6. The molecule has 29 heavy (non-hydrogen) atoms. The van der Waals surface area contributed by atoms with Crippen LogP contribution in [0.3, 0.4) is 0 Å². The fourth-order valence-corrected chi connectivity index (χ4v) is 3.14. The van der Waals surface area contributed by atoms with Gasteiger partial charge in [0.1, 0.15) is 35.6 Å². The van der Waals surface area contributed by atoms with Crippen LogP contribution in [0.25, 0.3) is 0 Å². The first-order valence-electron chi connectivity index (χ1n) is 9.75. The molecular weight excluding hydrogens is 377 g/mol. The molecule has 1 saturated heterocycles. The lowest BCUT2D eigenvalue weighted by atomic mass is 10.1. The molecule has 2 N–H and O–H groups in total. The minimum atomic E-state index is -1.25. The Bertz CT molecular complexity index is 743. The molecular formula is C22H28FNO5. The molecule has 158 valence electrons. The van der Waals surface area contributed by atoms with Gasteiger partial charge in [-0.25, -0.2) is 4.39 Å². The van der Waals surface area contributed by atoms with E-state index in [1.165, 1.54) is 6.92 Å². The Labute approximate surface area is 170 Å². The molecule has 2 aromatic carbocycles. The monoisotopic (exact) mass is 405 g/mol. The van der Waals surface area contributed by atoms with Crippen LogP contribution in [0.1, 0.15) is 19.8 Å². The zero-order valence-electron chi connectivity index (χ0n) is 16.6. The Kier molecular flexibility index (Phi) is 7.17. The van der Waals surface area contributed by atoms with Crippen LogP contribution < -0.4 is 19.1 Å². The molecule has 1 atom stereocenters. The van der Waals surface area contributed by atoms with Gasteiger partial charge in [-0.3, -0.25) is 0 Å². The molecule has 1 aliphatic rings. The molecule has 7 heteroatoms. The van der Waals surface area contributed by atoms with Gasteiger partial charge in [0, 0.05) is 31.6 Å². The quantitative estimate of drug-likeness (QED) is 0.668. The van der Waals surface area contributed by atoms with Crippen LogP contribution in [0.5, 0.6) is 17.2 Å². The molecule has 0 saturated carbocycles. The minimum Gasteiger partial charge on any atom is -0.491 e. The summed E-state index contributed by atoms with van der Waals surface area (Å²) in [7, 11) is 0. The fourth-order valence-electron chi connectivity index (χ4n) is 3.14. The van der Waals surface area contributed by atoms with E-state index in [0.717, 1.165) is 37.4 Å². The first-order valence-corrected chi connectivity index (χ1v) is 9.75. The lowest BCUT2D eigenvalue weighted by Gasteiger charge is -2.33. The van der Waals surface area contributed by atoms with Gasteiger partial charge in [-0.15, -0.1) is 0 Å². The van der Waals surface area contributed by atoms with Crippen molar-refractivity contribution in [2.24, 2.45) is 0 Å². The van der Waals surface area contributed by atoms with Gasteiger partial charge in [-0.2, -0.15) is 0 Å². The van der Waals surface area contributed by atoms with Crippen LogP contribution in [0.2, 0.25) is 0 Å². The van der Waals surface area contributed by atoms with E-state index >= 15 is 0 Å². The summed E-state index contributed by atoms with van der Waals surface area (Å²) in [5, 5.41) is 18.9. The highest BCUT2D eigenvalue weighted by molar-refractivity contribution is 5.49. The van der Waals surface area contributed by atoms with E-state index in [9.17, 15) is 9.50 Å². The normalized spacial score (nSPS) is 16.9. The van der Waals surface area contributed by atoms with Crippen molar-refractivity contribution in [1.82, 2.24) is 0 Å². The number of hydrogen-bond donors (Lipinski definition) is 2. The maximum absolute atomic E-state index is 12.2. The second-order valence-corrected chi connectivity index (χ2v) is 7.47. The predicted molar refractivity (Wildman–Crippen MR) is 109 cm³/mol. The summed E-state index contributed by atoms with van der Waals surface area (Å²) in [4.78, 5) is 2.30. The number of anilines is 1. The van der Waals surface area contributed by atoms with Gasteiger partial charge in [0.05, 0.1) is 6.61 Å². The van der Waals surface area contributed by atoms with Crippen LogP contribution >= 0.6 is 0 Å². The molecule has 6 nitrogen and oxygen atoms in total. The summed E-state index contributed by atoms with van der Waals surface area (Å²) in [5.74, 6) is 1.90. The van der Waals surface area contributed by atoms with E-state index in [2.05, 4.69) is 4.90 Å². The largest absolute Gasteiger partial charge is 0.491 e. The second-order valence-electron chi connectivity index (χ2n) is 7.47. The van der Waals surface area contributed by atoms with Crippen molar-refractivity contribution in [3.8, 4) is 17.2 Å². The van der Waals surface area contributed by atoms with E-state index in [4.69, 9.17) is 19.3 Å². The Balaban J connectivity index is 1.46. The molecule has 2 aromatic rings. The standard InChI is InChI=1S/C22H28FNO5/c1-22(26,14-25)15-27-18-4-2-17(3-5-18)24-12-10-21(11-13-24)29-20-8-6-19(7-9-20)28-16-23/h2-9,21,25-26H,10-16H2,1H3/t22-/m1/s1. The molecule has 1 fully saturated rings. The summed E-state index contributed by atoms with van der Waals surface area (Å²) in [6.45, 7) is 2.14. The van der Waals surface area contributed by atoms with Crippen LogP contribution in [0.15, 0.2) is 48.5 Å². The molecule has 0 aromatic heterocycles. The Hall–Kier alpha value is -2.51. The van der Waals surface area contributed by atoms with E-state index in [0.29, 0.717) is 11.5 Å². The van der Waals surface area contributed by atoms with Crippen LogP contribution in [-0.2, 0) is 0 Å². The van der Waals surface area contributed by atoms with E-state index < -0.39 is 12.5 Å². The smallest absolute Gasteiger partial charge is 0.228 e. The van der Waals surface area contributed by atoms with Gasteiger partial charge < -0.3 is 29.3 Å². The summed E-state index contributed by atoms with van der Waals surface area (Å²) in [5.41, 5.74) is -0.140. The number of ether oxygens (including phenoxy) is 3. The van der Waals surface area contributed by atoms with Crippen molar-refractivity contribution in [2.75, 3.05) is 38.1 Å². The number of rotatable bonds is 9. The van der Waals surface area contributed by atoms with Crippen molar-refractivity contribution in [3.63, 3.8) is 0 Å². The summed E-state index contributed by atoms with van der Waals surface area (Å²) in [6.07, 6.45) is 1.95. The molecule has 0 amide bonds. The average Bonchev–Trinajstić information content (AvgIpc) is 2.75. The molecule has 0 unspecified atom stereocenters. The molecule has 1 heterocycles. The van der Waals surface area contributed by atoms with E-state index in [1.807, 2.05) is 24.3 Å². The second kappa shape index (κ2) is 9.80. The topological polar surface area (TPSA) is 71.4 Å². The summed E-state index contributed by atoms with van der Waals surface area (Å²) < 4.78 is 28.5. The van der Waals surface area contributed by atoms with Crippen molar-refractivity contribution in [2.45, 2.75) is 31.5 Å². The highest BCUT2D eigenvalue weighted by Crippen LogP contribution is 2.26. The van der Waals surface area contributed by atoms with Gasteiger partial charge in [0.2, 0.25) is 6.86 Å². The minimum absolute atomic E-state index is 0.0342. The van der Waals surface area contributed by atoms with Gasteiger partial charge in [0.25, 0.3) is 0 Å². The van der Waals surface area contributed by atoms with Crippen molar-refractivity contribution in [1.29, 1.82) is 0 Å². The molecule has 0 radical (unpaired) electrons. The first-order chi connectivity index (χ1) is 14.0. The number of aliphatic hydroxyl groups is 2. The van der Waals surface area contributed by atoms with Gasteiger partial charge >= 0.3 is 0 Å². The third kappa shape index (κ3) is 6.24. The van der Waals surface area contributed by atoms with E-state index in [1.54, 1.807) is 24.3 Å². The third-order valence-electron chi connectivity index (χ3n) is 4.88. The Morgan fingerprint density at radius 2 is 1.52 bits per heavy atom. The molecule has 0 aliphatic carbocycles. The van der Waals surface area contributed by atoms with Crippen LogP contribution in [-0.4, -0.2) is 55.1 Å². The first kappa shape index (κ1) is 21.2. The summed E-state index contributed by atoms with van der Waals surface area (Å²) in [6, 6.07) is 14.7.